The van der Waals surface area contributed by atoms with Gasteiger partial charge in [-0.2, -0.15) is 0 Å². The number of rotatable bonds is 4. The molecule has 0 amide bonds. The molecule has 0 radical (unpaired) electrons. The van der Waals surface area contributed by atoms with E-state index in [1.54, 1.807) is 6.08 Å². The van der Waals surface area contributed by atoms with Crippen LogP contribution >= 0.6 is 11.6 Å². The quantitative estimate of drug-likeness (QED) is 0.283. The monoisotopic (exact) mass is 303 g/mol. The smallest absolute Gasteiger partial charge is 0.336 e. The van der Waals surface area contributed by atoms with Crippen LogP contribution in [0.15, 0.2) is 54.6 Å². The van der Waals surface area contributed by atoms with E-state index in [9.17, 15) is 14.9 Å². The van der Waals surface area contributed by atoms with E-state index in [1.807, 2.05) is 30.3 Å². The number of halogens is 1. The molecule has 0 atom stereocenters. The summed E-state index contributed by atoms with van der Waals surface area (Å²) in [7, 11) is 0. The van der Waals surface area contributed by atoms with E-state index >= 15 is 0 Å². The number of carbonyl (C=O) groups is 1. The summed E-state index contributed by atoms with van der Waals surface area (Å²) >= 11 is 5.83. The normalized spacial score (nSPS) is 10.5. The third-order valence-electron chi connectivity index (χ3n) is 2.55. The Morgan fingerprint density at radius 2 is 1.90 bits per heavy atom. The fourth-order valence-corrected chi connectivity index (χ4v) is 1.77. The Balaban J connectivity index is 2.06. The Hall–Kier alpha value is -2.66. The maximum Gasteiger partial charge on any atom is 0.336 e. The van der Waals surface area contributed by atoms with Gasteiger partial charge in [0.05, 0.1) is 9.95 Å². The molecule has 0 saturated carbocycles. The van der Waals surface area contributed by atoms with Gasteiger partial charge in [0, 0.05) is 18.2 Å². The number of nitro benzene ring substituents is 1. The minimum absolute atomic E-state index is 0.00524. The van der Waals surface area contributed by atoms with Crippen LogP contribution in [0.4, 0.5) is 5.69 Å². The molecule has 6 heteroatoms. The highest BCUT2D eigenvalue weighted by Gasteiger charge is 2.12. The van der Waals surface area contributed by atoms with Crippen molar-refractivity contribution in [3.05, 3.63) is 75.3 Å². The summed E-state index contributed by atoms with van der Waals surface area (Å²) in [5, 5.41) is 10.6. The molecule has 0 aliphatic heterocycles. The number of non-ortho nitro benzene ring substituents is 1. The van der Waals surface area contributed by atoms with Gasteiger partial charge in [0.2, 0.25) is 0 Å². The van der Waals surface area contributed by atoms with Crippen LogP contribution in [0, 0.1) is 10.1 Å². The van der Waals surface area contributed by atoms with Crippen LogP contribution in [0.25, 0.3) is 6.08 Å². The number of hydrogen-bond acceptors (Lipinski definition) is 4. The molecule has 2 aromatic rings. The van der Waals surface area contributed by atoms with Crippen molar-refractivity contribution in [2.24, 2.45) is 0 Å². The van der Waals surface area contributed by atoms with E-state index in [2.05, 4.69) is 0 Å². The van der Waals surface area contributed by atoms with Gasteiger partial charge in [-0.15, -0.1) is 0 Å². The minimum atomic E-state index is -0.616. The average Bonchev–Trinajstić information content (AvgIpc) is 2.48. The van der Waals surface area contributed by atoms with Crippen LogP contribution in [-0.4, -0.2) is 10.9 Å². The summed E-state index contributed by atoms with van der Waals surface area (Å²) in [5.41, 5.74) is 0.684. The molecule has 0 N–H and O–H groups in total. The Morgan fingerprint density at radius 3 is 2.52 bits per heavy atom. The minimum Gasteiger partial charge on any atom is -0.422 e. The van der Waals surface area contributed by atoms with Gasteiger partial charge < -0.3 is 4.74 Å². The lowest BCUT2D eigenvalue weighted by Gasteiger charge is -2.03. The molecule has 0 heterocycles. The second kappa shape index (κ2) is 6.67. The van der Waals surface area contributed by atoms with Crippen LogP contribution in [0.5, 0.6) is 5.75 Å². The maximum absolute atomic E-state index is 11.7. The summed E-state index contributed by atoms with van der Waals surface area (Å²) in [5.74, 6) is -0.542. The molecule has 0 fully saturated rings. The average molecular weight is 304 g/mol. The summed E-state index contributed by atoms with van der Waals surface area (Å²) in [4.78, 5) is 21.7. The fourth-order valence-electron chi connectivity index (χ4n) is 1.56. The first-order valence-electron chi connectivity index (χ1n) is 5.95. The highest BCUT2D eigenvalue weighted by Crippen LogP contribution is 2.28. The third kappa shape index (κ3) is 4.15. The lowest BCUT2D eigenvalue weighted by molar-refractivity contribution is -0.384. The molecule has 2 rings (SSSR count). The largest absolute Gasteiger partial charge is 0.422 e. The number of esters is 1. The number of benzene rings is 2. The number of ether oxygens (including phenoxy) is 1. The standard InChI is InChI=1S/C15H10ClNO4/c16-13-10-12(17(19)20)7-8-14(13)21-15(18)9-6-11-4-2-1-3-5-11/h1-10H/b9-6+. The predicted octanol–water partition coefficient (Wildman–Crippen LogP) is 3.87. The van der Waals surface area contributed by atoms with Crippen molar-refractivity contribution >= 4 is 29.3 Å². The third-order valence-corrected chi connectivity index (χ3v) is 2.84. The molecule has 106 valence electrons. The van der Waals surface area contributed by atoms with Crippen molar-refractivity contribution in [3.8, 4) is 5.75 Å². The Kier molecular flexibility index (Phi) is 4.68. The second-order valence-electron chi connectivity index (χ2n) is 4.04. The zero-order chi connectivity index (χ0) is 15.2. The van der Waals surface area contributed by atoms with Gasteiger partial charge in [0.25, 0.3) is 5.69 Å². The van der Waals surface area contributed by atoms with Crippen molar-refractivity contribution in [1.29, 1.82) is 0 Å². The maximum atomic E-state index is 11.7. The topological polar surface area (TPSA) is 69.4 Å². The Bertz CT molecular complexity index is 698. The Labute approximate surface area is 125 Å². The van der Waals surface area contributed by atoms with Crippen LogP contribution in [0.2, 0.25) is 5.02 Å². The van der Waals surface area contributed by atoms with Gasteiger partial charge in [0.15, 0.2) is 0 Å². The van der Waals surface area contributed by atoms with E-state index < -0.39 is 10.9 Å². The lowest BCUT2D eigenvalue weighted by atomic mass is 10.2. The lowest BCUT2D eigenvalue weighted by Crippen LogP contribution is -2.04. The first-order valence-corrected chi connectivity index (χ1v) is 6.33. The fraction of sp³-hybridized carbons (Fsp3) is 0. The predicted molar refractivity (Wildman–Crippen MR) is 79.2 cm³/mol. The molecule has 0 unspecified atom stereocenters. The molecule has 2 aromatic carbocycles. The van der Waals surface area contributed by atoms with Crippen molar-refractivity contribution in [2.75, 3.05) is 0 Å². The SMILES string of the molecule is O=C(/C=C/c1ccccc1)Oc1ccc([N+](=O)[O-])cc1Cl. The first-order chi connectivity index (χ1) is 10.1. The van der Waals surface area contributed by atoms with Gasteiger partial charge >= 0.3 is 5.97 Å². The molecule has 0 saturated heterocycles. The van der Waals surface area contributed by atoms with E-state index in [0.29, 0.717) is 0 Å². The molecular formula is C15H10ClNO4. The number of carbonyl (C=O) groups excluding carboxylic acids is 1. The second-order valence-corrected chi connectivity index (χ2v) is 4.44. The van der Waals surface area contributed by atoms with Crippen LogP contribution in [-0.2, 0) is 4.79 Å². The molecule has 0 aliphatic carbocycles. The summed E-state index contributed by atoms with van der Waals surface area (Å²) in [6.45, 7) is 0. The molecule has 0 bridgehead atoms. The molecule has 0 aliphatic rings. The van der Waals surface area contributed by atoms with E-state index in [4.69, 9.17) is 16.3 Å². The van der Waals surface area contributed by atoms with Crippen molar-refractivity contribution in [2.45, 2.75) is 0 Å². The zero-order valence-corrected chi connectivity index (χ0v) is 11.5. The van der Waals surface area contributed by atoms with E-state index in [0.717, 1.165) is 11.6 Å². The number of nitro groups is 1. The summed E-state index contributed by atoms with van der Waals surface area (Å²) < 4.78 is 5.02. The Morgan fingerprint density at radius 1 is 1.19 bits per heavy atom. The van der Waals surface area contributed by atoms with E-state index in [-0.39, 0.29) is 16.5 Å². The molecule has 0 aromatic heterocycles. The van der Waals surface area contributed by atoms with Crippen molar-refractivity contribution in [1.82, 2.24) is 0 Å². The highest BCUT2D eigenvalue weighted by atomic mass is 35.5. The van der Waals surface area contributed by atoms with Gasteiger partial charge in [-0.05, 0) is 17.7 Å². The molecular weight excluding hydrogens is 294 g/mol. The van der Waals surface area contributed by atoms with Crippen molar-refractivity contribution in [3.63, 3.8) is 0 Å². The molecule has 21 heavy (non-hydrogen) atoms. The molecule has 5 nitrogen and oxygen atoms in total. The van der Waals surface area contributed by atoms with Gasteiger partial charge in [-0.3, -0.25) is 10.1 Å². The first kappa shape index (κ1) is 14.7. The van der Waals surface area contributed by atoms with Crippen LogP contribution < -0.4 is 4.74 Å². The van der Waals surface area contributed by atoms with Crippen LogP contribution in [0.1, 0.15) is 5.56 Å². The van der Waals surface area contributed by atoms with Gasteiger partial charge in [-0.25, -0.2) is 4.79 Å². The summed E-state index contributed by atoms with van der Waals surface area (Å²) in [6.07, 6.45) is 2.86. The van der Waals surface area contributed by atoms with E-state index in [1.165, 1.54) is 18.2 Å². The van der Waals surface area contributed by atoms with Gasteiger partial charge in [0.1, 0.15) is 5.75 Å². The number of hydrogen-bond donors (Lipinski definition) is 0. The number of nitrogens with zero attached hydrogens (tertiary/aromatic N) is 1. The zero-order valence-electron chi connectivity index (χ0n) is 10.7. The van der Waals surface area contributed by atoms with Crippen molar-refractivity contribution < 1.29 is 14.5 Å². The highest BCUT2D eigenvalue weighted by molar-refractivity contribution is 6.32. The van der Waals surface area contributed by atoms with Crippen LogP contribution in [0.3, 0.4) is 0 Å². The molecule has 0 spiro atoms. The summed E-state index contributed by atoms with van der Waals surface area (Å²) in [6, 6.07) is 12.9. The van der Waals surface area contributed by atoms with Gasteiger partial charge in [-0.1, -0.05) is 41.9 Å².